The van der Waals surface area contributed by atoms with E-state index >= 15 is 0 Å². The van der Waals surface area contributed by atoms with Crippen molar-refractivity contribution in [1.82, 2.24) is 9.97 Å². The third kappa shape index (κ3) is 3.44. The Hall–Kier alpha value is -3.17. The number of benzene rings is 2. The molecule has 0 atom stereocenters. The number of carbonyl (C=O) groups is 1. The molecule has 0 spiro atoms. The quantitative estimate of drug-likeness (QED) is 0.670. The molecule has 0 aliphatic carbocycles. The van der Waals surface area contributed by atoms with Crippen LogP contribution in [-0.4, -0.2) is 27.2 Å². The minimum Gasteiger partial charge on any atom is -0.474 e. The van der Waals surface area contributed by atoms with Crippen LogP contribution in [0.4, 0.5) is 22.0 Å². The number of aromatic amines is 1. The number of aliphatic carboxylic acids is 1. The van der Waals surface area contributed by atoms with Crippen LogP contribution in [0.2, 0.25) is 0 Å². The number of rotatable bonds is 4. The van der Waals surface area contributed by atoms with E-state index in [1.54, 1.807) is 0 Å². The van der Waals surface area contributed by atoms with Gasteiger partial charge in [0.1, 0.15) is 11.6 Å². The van der Waals surface area contributed by atoms with Gasteiger partial charge in [0.15, 0.2) is 0 Å². The van der Waals surface area contributed by atoms with Gasteiger partial charge < -0.3 is 14.8 Å². The number of alkyl halides is 5. The maximum atomic E-state index is 13.0. The second kappa shape index (κ2) is 5.97. The summed E-state index contributed by atoms with van der Waals surface area (Å²) in [4.78, 5) is 17.2. The zero-order valence-electron chi connectivity index (χ0n) is 12.6. The zero-order valence-corrected chi connectivity index (χ0v) is 12.6. The van der Waals surface area contributed by atoms with Gasteiger partial charge in [0, 0.05) is 5.56 Å². The molecule has 1 heterocycles. The zero-order chi connectivity index (χ0) is 19.1. The highest BCUT2D eigenvalue weighted by atomic mass is 19.4. The first-order valence-corrected chi connectivity index (χ1v) is 7.04. The van der Waals surface area contributed by atoms with Gasteiger partial charge in [-0.15, -0.1) is 0 Å². The maximum absolute atomic E-state index is 13.0. The molecule has 0 saturated carbocycles. The van der Waals surface area contributed by atoms with E-state index in [4.69, 9.17) is 5.11 Å². The molecule has 0 bridgehead atoms. The third-order valence-electron chi connectivity index (χ3n) is 3.43. The van der Waals surface area contributed by atoms with Crippen LogP contribution in [0.15, 0.2) is 42.5 Å². The molecule has 0 unspecified atom stereocenters. The largest absolute Gasteiger partial charge is 0.501 e. The summed E-state index contributed by atoms with van der Waals surface area (Å²) < 4.78 is 68.3. The number of nitrogens with one attached hydrogen (secondary N) is 1. The molecule has 5 nitrogen and oxygen atoms in total. The van der Waals surface area contributed by atoms with Gasteiger partial charge in [0.05, 0.1) is 16.6 Å². The molecular weight excluding hydrogens is 363 g/mol. The molecule has 1 aromatic heterocycles. The predicted molar refractivity (Wildman–Crippen MR) is 79.7 cm³/mol. The lowest BCUT2D eigenvalue weighted by atomic mass is 10.2. The fourth-order valence-electron chi connectivity index (χ4n) is 2.20. The van der Waals surface area contributed by atoms with Crippen molar-refractivity contribution in [2.45, 2.75) is 12.3 Å². The number of imidazole rings is 1. The topological polar surface area (TPSA) is 75.2 Å². The summed E-state index contributed by atoms with van der Waals surface area (Å²) in [7, 11) is 0. The number of ether oxygens (including phenoxy) is 1. The second-order valence-electron chi connectivity index (χ2n) is 5.26. The molecule has 136 valence electrons. The smallest absolute Gasteiger partial charge is 0.474 e. The molecule has 0 amide bonds. The number of halogens is 5. The van der Waals surface area contributed by atoms with E-state index < -0.39 is 29.6 Å². The van der Waals surface area contributed by atoms with Gasteiger partial charge in [-0.3, -0.25) is 0 Å². The summed E-state index contributed by atoms with van der Waals surface area (Å²) in [6, 6.07) is 7.85. The molecule has 0 fully saturated rings. The Kier molecular flexibility index (Phi) is 4.05. The molecule has 3 aromatic rings. The fraction of sp³-hybridized carbons (Fsp3) is 0.125. The summed E-state index contributed by atoms with van der Waals surface area (Å²) in [6.07, 6.45) is -8.87. The van der Waals surface area contributed by atoms with Crippen LogP contribution in [0.3, 0.4) is 0 Å². The van der Waals surface area contributed by atoms with Crippen molar-refractivity contribution in [1.29, 1.82) is 0 Å². The molecule has 0 radical (unpaired) electrons. The highest BCUT2D eigenvalue weighted by Gasteiger charge is 2.42. The summed E-state index contributed by atoms with van der Waals surface area (Å²) in [5, 5.41) is 8.33. The van der Waals surface area contributed by atoms with Crippen molar-refractivity contribution < 1.29 is 36.6 Å². The number of fused-ring (bicyclic) bond motifs is 1. The molecule has 2 aromatic carbocycles. The first kappa shape index (κ1) is 17.6. The SMILES string of the molecule is O=C(O)C(F)(F)Oc1ccc(-c2nc3ccc(C(F)(F)F)cc3[nH]2)cc1. The van der Waals surface area contributed by atoms with Crippen LogP contribution in [0.5, 0.6) is 5.75 Å². The lowest BCUT2D eigenvalue weighted by Gasteiger charge is -2.13. The normalized spacial score (nSPS) is 12.3. The molecule has 0 aliphatic rings. The highest BCUT2D eigenvalue weighted by molar-refractivity contribution is 5.80. The number of aromatic nitrogens is 2. The van der Waals surface area contributed by atoms with Gasteiger partial charge >= 0.3 is 18.3 Å². The van der Waals surface area contributed by atoms with Gasteiger partial charge in [-0.05, 0) is 42.5 Å². The minimum atomic E-state index is -4.49. The number of hydrogen-bond donors (Lipinski definition) is 2. The molecular formula is C16H9F5N2O3. The van der Waals surface area contributed by atoms with E-state index in [-0.39, 0.29) is 11.3 Å². The van der Waals surface area contributed by atoms with Crippen LogP contribution in [-0.2, 0) is 11.0 Å². The van der Waals surface area contributed by atoms with Crippen LogP contribution >= 0.6 is 0 Å². The van der Waals surface area contributed by atoms with Gasteiger partial charge in [0.2, 0.25) is 0 Å². The lowest BCUT2D eigenvalue weighted by Crippen LogP contribution is -2.34. The van der Waals surface area contributed by atoms with Crippen molar-refractivity contribution in [2.24, 2.45) is 0 Å². The maximum Gasteiger partial charge on any atom is 0.501 e. The van der Waals surface area contributed by atoms with E-state index in [0.29, 0.717) is 11.1 Å². The lowest BCUT2D eigenvalue weighted by molar-refractivity contribution is -0.210. The summed E-state index contributed by atoms with van der Waals surface area (Å²) in [5.74, 6) is -2.60. The highest BCUT2D eigenvalue weighted by Crippen LogP contribution is 2.32. The summed E-state index contributed by atoms with van der Waals surface area (Å²) >= 11 is 0. The molecule has 10 heteroatoms. The van der Waals surface area contributed by atoms with E-state index in [2.05, 4.69) is 14.7 Å². The van der Waals surface area contributed by atoms with Gasteiger partial charge in [-0.1, -0.05) is 0 Å². The van der Waals surface area contributed by atoms with Crippen molar-refractivity contribution in [3.63, 3.8) is 0 Å². The van der Waals surface area contributed by atoms with E-state index in [9.17, 15) is 26.7 Å². The Morgan fingerprint density at radius 2 is 1.69 bits per heavy atom. The van der Waals surface area contributed by atoms with Crippen LogP contribution in [0.25, 0.3) is 22.4 Å². The number of hydrogen-bond acceptors (Lipinski definition) is 3. The van der Waals surface area contributed by atoms with Crippen LogP contribution in [0.1, 0.15) is 5.56 Å². The molecule has 0 saturated heterocycles. The van der Waals surface area contributed by atoms with Gasteiger partial charge in [-0.2, -0.15) is 22.0 Å². The van der Waals surface area contributed by atoms with Gasteiger partial charge in [0.25, 0.3) is 0 Å². The number of H-pyrrole nitrogens is 1. The van der Waals surface area contributed by atoms with Crippen molar-refractivity contribution >= 4 is 17.0 Å². The monoisotopic (exact) mass is 372 g/mol. The Morgan fingerprint density at radius 1 is 1.04 bits per heavy atom. The summed E-state index contributed by atoms with van der Waals surface area (Å²) in [5.41, 5.74) is 0.0129. The van der Waals surface area contributed by atoms with Crippen LogP contribution in [0, 0.1) is 0 Å². The number of carboxylic acid groups (broad SMARTS) is 1. The van der Waals surface area contributed by atoms with E-state index in [1.807, 2.05) is 0 Å². The van der Waals surface area contributed by atoms with Crippen molar-refractivity contribution in [3.8, 4) is 17.1 Å². The van der Waals surface area contributed by atoms with Gasteiger partial charge in [-0.25, -0.2) is 9.78 Å². The Morgan fingerprint density at radius 3 is 2.27 bits per heavy atom. The minimum absolute atomic E-state index is 0.160. The standard InChI is InChI=1S/C16H9F5N2O3/c17-15(18,19)9-3-6-11-12(7-9)23-13(22-11)8-1-4-10(5-2-8)26-16(20,21)14(24)25/h1-7H,(H,22,23)(H,24,25). The average molecular weight is 372 g/mol. The fourth-order valence-corrected chi connectivity index (χ4v) is 2.20. The molecule has 0 aliphatic heterocycles. The molecule has 3 rings (SSSR count). The predicted octanol–water partition coefficient (Wildman–Crippen LogP) is 4.30. The Balaban J connectivity index is 1.88. The van der Waals surface area contributed by atoms with E-state index in [0.717, 1.165) is 24.3 Å². The summed E-state index contributed by atoms with van der Waals surface area (Å²) in [6.45, 7) is 0. The number of carboxylic acids is 1. The average Bonchev–Trinajstić information content (AvgIpc) is 2.97. The molecule has 2 N–H and O–H groups in total. The number of nitrogens with zero attached hydrogens (tertiary/aromatic N) is 1. The van der Waals surface area contributed by atoms with E-state index in [1.165, 1.54) is 18.2 Å². The Bertz CT molecular complexity index is 964. The Labute approximate surface area is 142 Å². The van der Waals surface area contributed by atoms with Crippen LogP contribution < -0.4 is 4.74 Å². The van der Waals surface area contributed by atoms with Crippen molar-refractivity contribution in [3.05, 3.63) is 48.0 Å². The first-order chi connectivity index (χ1) is 12.1. The van der Waals surface area contributed by atoms with Crippen molar-refractivity contribution in [2.75, 3.05) is 0 Å². The molecule has 26 heavy (non-hydrogen) atoms. The second-order valence-corrected chi connectivity index (χ2v) is 5.26. The third-order valence-corrected chi connectivity index (χ3v) is 3.43. The first-order valence-electron chi connectivity index (χ1n) is 7.04.